The van der Waals surface area contributed by atoms with Crippen molar-refractivity contribution in [2.75, 3.05) is 0 Å². The van der Waals surface area contributed by atoms with E-state index in [0.717, 1.165) is 6.42 Å². The quantitative estimate of drug-likeness (QED) is 0.526. The molecule has 18 heavy (non-hydrogen) atoms. The Morgan fingerprint density at radius 1 is 1.11 bits per heavy atom. The van der Waals surface area contributed by atoms with Crippen molar-refractivity contribution in [3.63, 3.8) is 0 Å². The summed E-state index contributed by atoms with van der Waals surface area (Å²) in [4.78, 5) is 0. The summed E-state index contributed by atoms with van der Waals surface area (Å²) in [7, 11) is -4.32. The standard InChI is InChI=1S/C13H31ClOSi3/c1-11(2)10-13(3)12(14)16(4,5)18(8,9)17(6,7)15-13/h11-12H,10H2,1-9H3. The van der Waals surface area contributed by atoms with Crippen molar-refractivity contribution < 1.29 is 4.43 Å². The molecule has 1 aliphatic heterocycles. The predicted octanol–water partition coefficient (Wildman–Crippen LogP) is 4.75. The van der Waals surface area contributed by atoms with Crippen molar-refractivity contribution >= 4 is 34.1 Å². The normalized spacial score (nSPS) is 37.8. The van der Waals surface area contributed by atoms with Gasteiger partial charge in [-0.15, -0.1) is 11.6 Å². The molecule has 0 saturated carbocycles. The van der Waals surface area contributed by atoms with Gasteiger partial charge in [0.2, 0.25) is 0 Å². The van der Waals surface area contributed by atoms with E-state index < -0.39 is 22.5 Å². The van der Waals surface area contributed by atoms with Crippen LogP contribution in [-0.2, 0) is 4.43 Å². The molecule has 0 aromatic heterocycles. The predicted molar refractivity (Wildman–Crippen MR) is 91.0 cm³/mol. The van der Waals surface area contributed by atoms with Gasteiger partial charge < -0.3 is 4.43 Å². The fraction of sp³-hybridized carbons (Fsp3) is 1.00. The lowest BCUT2D eigenvalue weighted by Crippen LogP contribution is -2.83. The van der Waals surface area contributed by atoms with E-state index in [-0.39, 0.29) is 10.6 Å². The van der Waals surface area contributed by atoms with Gasteiger partial charge in [-0.25, -0.2) is 0 Å². The molecule has 0 spiro atoms. The average Bonchev–Trinajstić information content (AvgIpc) is 2.11. The third kappa shape index (κ3) is 2.43. The summed E-state index contributed by atoms with van der Waals surface area (Å²) in [6.45, 7) is 21.8. The first-order chi connectivity index (χ1) is 7.78. The highest BCUT2D eigenvalue weighted by atomic mass is 35.5. The lowest BCUT2D eigenvalue weighted by molar-refractivity contribution is 0.0699. The molecular formula is C13H31ClOSi3. The van der Waals surface area contributed by atoms with Gasteiger partial charge in [0.1, 0.15) is 0 Å². The third-order valence-corrected chi connectivity index (χ3v) is 48.4. The van der Waals surface area contributed by atoms with Gasteiger partial charge in [-0.2, -0.15) is 0 Å². The van der Waals surface area contributed by atoms with Crippen LogP contribution in [0, 0.1) is 5.92 Å². The molecule has 108 valence electrons. The molecular weight excluding hydrogens is 292 g/mol. The smallest absolute Gasteiger partial charge is 0.172 e. The zero-order valence-electron chi connectivity index (χ0n) is 13.6. The summed E-state index contributed by atoms with van der Waals surface area (Å²) in [5.41, 5.74) is -0.0936. The Balaban J connectivity index is 3.24. The summed E-state index contributed by atoms with van der Waals surface area (Å²) in [5, 5.41) is 0.259. The summed E-state index contributed by atoms with van der Waals surface area (Å²) in [6.07, 6.45) is 1.10. The highest BCUT2D eigenvalue weighted by Crippen LogP contribution is 2.47. The van der Waals surface area contributed by atoms with Gasteiger partial charge in [0.25, 0.3) is 0 Å². The third-order valence-electron chi connectivity index (χ3n) is 5.59. The monoisotopic (exact) mass is 322 g/mol. The van der Waals surface area contributed by atoms with Crippen LogP contribution in [0.15, 0.2) is 0 Å². The Morgan fingerprint density at radius 3 is 1.94 bits per heavy atom. The highest BCUT2D eigenvalue weighted by Gasteiger charge is 2.65. The van der Waals surface area contributed by atoms with Crippen LogP contribution >= 0.6 is 11.6 Å². The average molecular weight is 323 g/mol. The summed E-state index contributed by atoms with van der Waals surface area (Å²) < 4.78 is 6.74. The van der Waals surface area contributed by atoms with Crippen molar-refractivity contribution in [2.24, 2.45) is 5.92 Å². The maximum absolute atomic E-state index is 6.97. The van der Waals surface area contributed by atoms with E-state index in [4.69, 9.17) is 16.0 Å². The van der Waals surface area contributed by atoms with Crippen LogP contribution in [0.25, 0.3) is 0 Å². The first kappa shape index (κ1) is 17.0. The van der Waals surface area contributed by atoms with Gasteiger partial charge in [0.05, 0.1) is 25.3 Å². The zero-order valence-corrected chi connectivity index (χ0v) is 17.4. The Bertz CT molecular complexity index is 328. The molecule has 2 unspecified atom stereocenters. The van der Waals surface area contributed by atoms with Crippen molar-refractivity contribution in [1.82, 2.24) is 0 Å². The second-order valence-electron chi connectivity index (χ2n) is 8.23. The fourth-order valence-electron chi connectivity index (χ4n) is 3.57. The van der Waals surface area contributed by atoms with Gasteiger partial charge in [-0.05, 0) is 32.4 Å². The SMILES string of the molecule is CC(C)CC1(C)O[Si](C)(C)[Si](C)(C)[Si](C)(C)C1Cl. The lowest BCUT2D eigenvalue weighted by atomic mass is 9.96. The Kier molecular flexibility index (Phi) is 4.45. The van der Waals surface area contributed by atoms with Crippen LogP contribution < -0.4 is 0 Å². The molecule has 1 rings (SSSR count). The van der Waals surface area contributed by atoms with Gasteiger partial charge in [0, 0.05) is 0 Å². The molecule has 1 nitrogen and oxygen atoms in total. The van der Waals surface area contributed by atoms with Crippen molar-refractivity contribution in [3.8, 4) is 0 Å². The minimum absolute atomic E-state index is 0.0936. The second kappa shape index (κ2) is 4.72. The van der Waals surface area contributed by atoms with E-state index in [2.05, 4.69) is 60.1 Å². The molecule has 5 heteroatoms. The van der Waals surface area contributed by atoms with Gasteiger partial charge in [-0.1, -0.05) is 40.0 Å². The van der Waals surface area contributed by atoms with Crippen molar-refractivity contribution in [2.45, 2.75) is 77.1 Å². The Morgan fingerprint density at radius 2 is 1.56 bits per heavy atom. The van der Waals surface area contributed by atoms with Crippen LogP contribution in [-0.4, -0.2) is 33.1 Å². The molecule has 1 fully saturated rings. The number of rotatable bonds is 2. The first-order valence-corrected chi connectivity index (χ1v) is 18.5. The molecule has 1 aliphatic rings. The first-order valence-electron chi connectivity index (χ1n) is 7.12. The molecule has 2 atom stereocenters. The topological polar surface area (TPSA) is 9.23 Å². The van der Waals surface area contributed by atoms with Crippen LogP contribution in [0.5, 0.6) is 0 Å². The molecule has 0 aliphatic carbocycles. The molecule has 0 amide bonds. The molecule has 0 aromatic rings. The van der Waals surface area contributed by atoms with Crippen LogP contribution in [0.1, 0.15) is 27.2 Å². The largest absolute Gasteiger partial charge is 0.414 e. The number of alkyl halides is 1. The van der Waals surface area contributed by atoms with E-state index in [1.807, 2.05) is 0 Å². The molecule has 0 bridgehead atoms. The number of hydrogen-bond acceptors (Lipinski definition) is 1. The Hall–Kier alpha value is 0.901. The van der Waals surface area contributed by atoms with Gasteiger partial charge >= 0.3 is 0 Å². The van der Waals surface area contributed by atoms with E-state index in [0.29, 0.717) is 5.92 Å². The van der Waals surface area contributed by atoms with Crippen molar-refractivity contribution in [3.05, 3.63) is 0 Å². The molecule has 0 aromatic carbocycles. The minimum atomic E-state index is -1.58. The van der Waals surface area contributed by atoms with Crippen LogP contribution in [0.3, 0.4) is 0 Å². The van der Waals surface area contributed by atoms with Crippen molar-refractivity contribution in [1.29, 1.82) is 0 Å². The van der Waals surface area contributed by atoms with Crippen LogP contribution in [0.4, 0.5) is 0 Å². The molecule has 0 N–H and O–H groups in total. The fourth-order valence-corrected chi connectivity index (χ4v) is 37.4. The summed E-state index contributed by atoms with van der Waals surface area (Å²) >= 11 is 6.97. The molecule has 1 saturated heterocycles. The van der Waals surface area contributed by atoms with E-state index >= 15 is 0 Å². The van der Waals surface area contributed by atoms with E-state index in [1.54, 1.807) is 0 Å². The minimum Gasteiger partial charge on any atom is -0.414 e. The second-order valence-corrected chi connectivity index (χ2v) is 36.0. The van der Waals surface area contributed by atoms with Gasteiger partial charge in [0.15, 0.2) is 7.83 Å². The zero-order chi connectivity index (χ0) is 14.6. The number of halogens is 1. The maximum atomic E-state index is 6.97. The highest BCUT2D eigenvalue weighted by molar-refractivity contribution is 7.68. The molecule has 0 radical (unpaired) electrons. The Labute approximate surface area is 121 Å². The van der Waals surface area contributed by atoms with Crippen LogP contribution in [0.2, 0.25) is 39.3 Å². The van der Waals surface area contributed by atoms with E-state index in [9.17, 15) is 0 Å². The van der Waals surface area contributed by atoms with E-state index in [1.165, 1.54) is 0 Å². The molecule has 1 heterocycles. The lowest BCUT2D eigenvalue weighted by Gasteiger charge is -2.61. The summed E-state index contributed by atoms with van der Waals surface area (Å²) in [5.74, 6) is 0.647. The number of hydrogen-bond donors (Lipinski definition) is 0. The van der Waals surface area contributed by atoms with Gasteiger partial charge in [-0.3, -0.25) is 0 Å². The summed E-state index contributed by atoms with van der Waals surface area (Å²) in [6, 6.07) is 0. The maximum Gasteiger partial charge on any atom is 0.172 e.